The van der Waals surface area contributed by atoms with Gasteiger partial charge in [0, 0.05) is 11.6 Å². The summed E-state index contributed by atoms with van der Waals surface area (Å²) in [4.78, 5) is 12.7. The standard InChI is InChI=1S/C20H20ClN3O/c1-3-14(2)22-20(25)19-13-17(15-9-5-4-6-10-15)23-24(19)18-12-8-7-11-16(18)21/h4-14H,3H2,1-2H3,(H,22,25)/t14-/m0/s1. The minimum absolute atomic E-state index is 0.0854. The molecule has 1 amide bonds. The number of hydrogen-bond donors (Lipinski definition) is 1. The third-order valence-electron chi connectivity index (χ3n) is 4.08. The number of rotatable bonds is 5. The van der Waals surface area contributed by atoms with E-state index in [0.717, 1.165) is 17.7 Å². The van der Waals surface area contributed by atoms with Crippen molar-refractivity contribution in [2.75, 3.05) is 0 Å². The Labute approximate surface area is 152 Å². The van der Waals surface area contributed by atoms with Crippen molar-refractivity contribution >= 4 is 17.5 Å². The van der Waals surface area contributed by atoms with Gasteiger partial charge in [0.15, 0.2) is 0 Å². The van der Waals surface area contributed by atoms with Gasteiger partial charge in [-0.1, -0.05) is 61.0 Å². The van der Waals surface area contributed by atoms with Crippen LogP contribution in [0, 0.1) is 0 Å². The van der Waals surface area contributed by atoms with Gasteiger partial charge in [0.05, 0.1) is 16.4 Å². The van der Waals surface area contributed by atoms with E-state index in [2.05, 4.69) is 10.4 Å². The van der Waals surface area contributed by atoms with Crippen molar-refractivity contribution in [3.63, 3.8) is 0 Å². The van der Waals surface area contributed by atoms with Gasteiger partial charge in [-0.15, -0.1) is 0 Å². The first-order valence-corrected chi connectivity index (χ1v) is 8.69. The lowest BCUT2D eigenvalue weighted by Crippen LogP contribution is -2.33. The zero-order chi connectivity index (χ0) is 17.8. The van der Waals surface area contributed by atoms with Gasteiger partial charge in [-0.3, -0.25) is 4.79 Å². The van der Waals surface area contributed by atoms with Gasteiger partial charge in [-0.05, 0) is 31.5 Å². The molecule has 3 rings (SSSR count). The summed E-state index contributed by atoms with van der Waals surface area (Å²) < 4.78 is 1.61. The van der Waals surface area contributed by atoms with Gasteiger partial charge in [-0.25, -0.2) is 4.68 Å². The molecule has 0 radical (unpaired) electrons. The van der Waals surface area contributed by atoms with Gasteiger partial charge in [-0.2, -0.15) is 5.10 Å². The topological polar surface area (TPSA) is 46.9 Å². The van der Waals surface area contributed by atoms with E-state index in [-0.39, 0.29) is 11.9 Å². The molecular formula is C20H20ClN3O. The summed E-state index contributed by atoms with van der Waals surface area (Å²) in [5, 5.41) is 8.18. The quantitative estimate of drug-likeness (QED) is 0.721. The number of carbonyl (C=O) groups is 1. The van der Waals surface area contributed by atoms with Crippen LogP contribution in [0.3, 0.4) is 0 Å². The van der Waals surface area contributed by atoms with Gasteiger partial charge >= 0.3 is 0 Å². The summed E-state index contributed by atoms with van der Waals surface area (Å²) in [5.41, 5.74) is 2.83. The first-order chi connectivity index (χ1) is 12.1. The fraction of sp³-hybridized carbons (Fsp3) is 0.200. The molecule has 5 heteroatoms. The highest BCUT2D eigenvalue weighted by molar-refractivity contribution is 6.32. The highest BCUT2D eigenvalue weighted by Crippen LogP contribution is 2.25. The molecule has 0 fully saturated rings. The Morgan fingerprint density at radius 2 is 1.84 bits per heavy atom. The Bertz CT molecular complexity index is 874. The molecule has 4 nitrogen and oxygen atoms in total. The van der Waals surface area contributed by atoms with E-state index < -0.39 is 0 Å². The second-order valence-electron chi connectivity index (χ2n) is 5.93. The summed E-state index contributed by atoms with van der Waals surface area (Å²) in [6, 6.07) is 19.0. The molecule has 0 saturated heterocycles. The molecule has 0 saturated carbocycles. The van der Waals surface area contributed by atoms with Crippen molar-refractivity contribution in [2.24, 2.45) is 0 Å². The highest BCUT2D eigenvalue weighted by Gasteiger charge is 2.19. The number of nitrogens with zero attached hydrogens (tertiary/aromatic N) is 2. The first-order valence-electron chi connectivity index (χ1n) is 8.31. The maximum Gasteiger partial charge on any atom is 0.270 e. The predicted molar refractivity (Wildman–Crippen MR) is 101 cm³/mol. The largest absolute Gasteiger partial charge is 0.348 e. The lowest BCUT2D eigenvalue weighted by Gasteiger charge is -2.13. The molecule has 0 bridgehead atoms. The third-order valence-corrected chi connectivity index (χ3v) is 4.40. The predicted octanol–water partition coefficient (Wildman–Crippen LogP) is 4.72. The number of para-hydroxylation sites is 1. The first kappa shape index (κ1) is 17.2. The molecule has 1 aromatic heterocycles. The van der Waals surface area contributed by atoms with E-state index in [1.165, 1.54) is 0 Å². The Balaban J connectivity index is 2.10. The van der Waals surface area contributed by atoms with Crippen LogP contribution in [0.15, 0.2) is 60.7 Å². The van der Waals surface area contributed by atoms with E-state index in [1.54, 1.807) is 16.8 Å². The molecule has 0 aliphatic rings. The normalized spacial score (nSPS) is 12.0. The van der Waals surface area contributed by atoms with E-state index in [1.807, 2.05) is 62.4 Å². The second kappa shape index (κ2) is 7.53. The molecule has 0 unspecified atom stereocenters. The minimum atomic E-state index is -0.163. The van der Waals surface area contributed by atoms with Crippen LogP contribution in [0.1, 0.15) is 30.8 Å². The molecule has 3 aromatic rings. The van der Waals surface area contributed by atoms with Gasteiger partial charge in [0.2, 0.25) is 0 Å². The van der Waals surface area contributed by atoms with Crippen LogP contribution in [0.25, 0.3) is 16.9 Å². The molecule has 0 spiro atoms. The van der Waals surface area contributed by atoms with Crippen LogP contribution >= 0.6 is 11.6 Å². The monoisotopic (exact) mass is 353 g/mol. The van der Waals surface area contributed by atoms with Crippen molar-refractivity contribution in [3.8, 4) is 16.9 Å². The lowest BCUT2D eigenvalue weighted by atomic mass is 10.1. The fourth-order valence-corrected chi connectivity index (χ4v) is 2.72. The summed E-state index contributed by atoms with van der Waals surface area (Å²) in [5.74, 6) is -0.163. The van der Waals surface area contributed by atoms with E-state index in [9.17, 15) is 4.79 Å². The van der Waals surface area contributed by atoms with Crippen LogP contribution in [-0.4, -0.2) is 21.7 Å². The van der Waals surface area contributed by atoms with E-state index in [0.29, 0.717) is 16.4 Å². The summed E-state index contributed by atoms with van der Waals surface area (Å²) in [6.07, 6.45) is 0.859. The fourth-order valence-electron chi connectivity index (χ4n) is 2.50. The van der Waals surface area contributed by atoms with E-state index >= 15 is 0 Å². The maximum atomic E-state index is 12.7. The van der Waals surface area contributed by atoms with Crippen molar-refractivity contribution in [1.82, 2.24) is 15.1 Å². The summed E-state index contributed by atoms with van der Waals surface area (Å²) >= 11 is 6.33. The Morgan fingerprint density at radius 1 is 1.16 bits per heavy atom. The number of benzene rings is 2. The summed E-state index contributed by atoms with van der Waals surface area (Å²) in [6.45, 7) is 4.01. The van der Waals surface area contributed by atoms with Crippen molar-refractivity contribution in [3.05, 3.63) is 71.4 Å². The average molecular weight is 354 g/mol. The van der Waals surface area contributed by atoms with Crippen molar-refractivity contribution in [2.45, 2.75) is 26.3 Å². The number of amides is 1. The molecule has 2 aromatic carbocycles. The van der Waals surface area contributed by atoms with Gasteiger partial charge in [0.25, 0.3) is 5.91 Å². The molecule has 128 valence electrons. The molecule has 1 atom stereocenters. The number of hydrogen-bond acceptors (Lipinski definition) is 2. The lowest BCUT2D eigenvalue weighted by molar-refractivity contribution is 0.0931. The van der Waals surface area contributed by atoms with Crippen LogP contribution in [0.2, 0.25) is 5.02 Å². The molecule has 1 N–H and O–H groups in total. The average Bonchev–Trinajstić information content (AvgIpc) is 3.08. The van der Waals surface area contributed by atoms with Crippen LogP contribution < -0.4 is 5.32 Å². The highest BCUT2D eigenvalue weighted by atomic mass is 35.5. The van der Waals surface area contributed by atoms with Crippen molar-refractivity contribution < 1.29 is 4.79 Å². The molecule has 1 heterocycles. The van der Waals surface area contributed by atoms with Crippen LogP contribution in [0.4, 0.5) is 0 Å². The number of carbonyl (C=O) groups excluding carboxylic acids is 1. The van der Waals surface area contributed by atoms with Gasteiger partial charge in [0.1, 0.15) is 5.69 Å². The summed E-state index contributed by atoms with van der Waals surface area (Å²) in [7, 11) is 0. The Morgan fingerprint density at radius 3 is 2.52 bits per heavy atom. The van der Waals surface area contributed by atoms with Crippen LogP contribution in [-0.2, 0) is 0 Å². The van der Waals surface area contributed by atoms with Gasteiger partial charge < -0.3 is 5.32 Å². The number of nitrogens with one attached hydrogen (secondary N) is 1. The van der Waals surface area contributed by atoms with E-state index in [4.69, 9.17) is 11.6 Å². The molecule has 25 heavy (non-hydrogen) atoms. The smallest absolute Gasteiger partial charge is 0.270 e. The second-order valence-corrected chi connectivity index (χ2v) is 6.33. The minimum Gasteiger partial charge on any atom is -0.348 e. The third kappa shape index (κ3) is 3.74. The molecule has 0 aliphatic carbocycles. The maximum absolute atomic E-state index is 12.7. The Hall–Kier alpha value is -2.59. The molecule has 0 aliphatic heterocycles. The number of halogens is 1. The zero-order valence-corrected chi connectivity index (χ0v) is 15.0. The zero-order valence-electron chi connectivity index (χ0n) is 14.2. The SMILES string of the molecule is CC[C@H](C)NC(=O)c1cc(-c2ccccc2)nn1-c1ccccc1Cl. The number of aromatic nitrogens is 2. The van der Waals surface area contributed by atoms with Crippen molar-refractivity contribution in [1.29, 1.82) is 0 Å². The Kier molecular flexibility index (Phi) is 5.19. The van der Waals surface area contributed by atoms with Crippen LogP contribution in [0.5, 0.6) is 0 Å². The molecular weight excluding hydrogens is 334 g/mol.